The van der Waals surface area contributed by atoms with Gasteiger partial charge in [-0.1, -0.05) is 0 Å². The molecule has 2 aromatic heterocycles. The van der Waals surface area contributed by atoms with E-state index in [-0.39, 0.29) is 11.8 Å². The number of nitrogens with zero attached hydrogens (tertiary/aromatic N) is 4. The molecule has 0 bridgehead atoms. The van der Waals surface area contributed by atoms with Crippen molar-refractivity contribution in [2.24, 2.45) is 0 Å². The molecule has 0 aliphatic carbocycles. The van der Waals surface area contributed by atoms with Crippen molar-refractivity contribution in [1.82, 2.24) is 19.8 Å². The van der Waals surface area contributed by atoms with Crippen molar-refractivity contribution in [2.75, 3.05) is 32.6 Å². The van der Waals surface area contributed by atoms with Gasteiger partial charge < -0.3 is 24.6 Å². The normalized spacial score (nSPS) is 12.8. The smallest absolute Gasteiger partial charge is 0.339 e. The minimum absolute atomic E-state index is 0.105. The molecule has 0 radical (unpaired) electrons. The zero-order chi connectivity index (χ0) is 26.4. The number of anilines is 2. The van der Waals surface area contributed by atoms with Crippen LogP contribution in [0.4, 0.5) is 11.5 Å². The Kier molecular flexibility index (Phi) is 7.97. The summed E-state index contributed by atoms with van der Waals surface area (Å²) in [5.74, 6) is 1.09. The van der Waals surface area contributed by atoms with Crippen LogP contribution in [0.3, 0.4) is 0 Å². The fourth-order valence-corrected chi connectivity index (χ4v) is 3.83. The molecule has 1 N–H and O–H groups in total. The third-order valence-electron chi connectivity index (χ3n) is 5.73. The van der Waals surface area contributed by atoms with Crippen molar-refractivity contribution in [2.45, 2.75) is 26.3 Å². The second-order valence-electron chi connectivity index (χ2n) is 8.70. The number of aromatic nitrogens is 2. The molecular weight excluding hydrogens is 474 g/mol. The second kappa shape index (κ2) is 11.5. The Morgan fingerprint density at radius 1 is 1.08 bits per heavy atom. The van der Waals surface area contributed by atoms with Crippen LogP contribution in [0.5, 0.6) is 11.5 Å². The van der Waals surface area contributed by atoms with Gasteiger partial charge in [-0.3, -0.25) is 9.59 Å². The third kappa shape index (κ3) is 6.40. The average molecular weight is 504 g/mol. The molecule has 1 fully saturated rings. The first-order chi connectivity index (χ1) is 17.8. The van der Waals surface area contributed by atoms with E-state index in [2.05, 4.69) is 15.3 Å². The fourth-order valence-electron chi connectivity index (χ4n) is 3.83. The summed E-state index contributed by atoms with van der Waals surface area (Å²) in [6, 6.07) is 12.2. The van der Waals surface area contributed by atoms with Gasteiger partial charge in [0.2, 0.25) is 5.91 Å². The van der Waals surface area contributed by atoms with E-state index in [4.69, 9.17) is 9.47 Å². The molecule has 2 amide bonds. The molecular formula is C27H29N5O5. The van der Waals surface area contributed by atoms with Gasteiger partial charge in [-0.2, -0.15) is 0 Å². The minimum atomic E-state index is -0.422. The summed E-state index contributed by atoms with van der Waals surface area (Å²) in [6.07, 6.45) is 4.33. The number of ether oxygens (including phenoxy) is 2. The van der Waals surface area contributed by atoms with Gasteiger partial charge in [0.05, 0.1) is 18.4 Å². The Morgan fingerprint density at radius 2 is 1.92 bits per heavy atom. The molecule has 0 spiro atoms. The molecule has 3 heterocycles. The number of carbonyl (C=O) groups excluding carboxylic acids is 3. The number of esters is 1. The molecule has 1 aliphatic heterocycles. The van der Waals surface area contributed by atoms with Crippen LogP contribution in [0.25, 0.3) is 0 Å². The number of hydrogen-bond donors (Lipinski definition) is 1. The molecule has 37 heavy (non-hydrogen) atoms. The lowest BCUT2D eigenvalue weighted by Gasteiger charge is -2.19. The Balaban J connectivity index is 1.55. The van der Waals surface area contributed by atoms with E-state index in [9.17, 15) is 14.4 Å². The Hall–Kier alpha value is -4.47. The van der Waals surface area contributed by atoms with E-state index in [0.29, 0.717) is 54.7 Å². The summed E-state index contributed by atoms with van der Waals surface area (Å²) in [5, 5.41) is 3.22. The van der Waals surface area contributed by atoms with E-state index < -0.39 is 5.97 Å². The predicted octanol–water partition coefficient (Wildman–Crippen LogP) is 4.01. The second-order valence-corrected chi connectivity index (χ2v) is 8.70. The van der Waals surface area contributed by atoms with Crippen molar-refractivity contribution < 1.29 is 23.9 Å². The molecule has 0 unspecified atom stereocenters. The van der Waals surface area contributed by atoms with E-state index >= 15 is 0 Å². The van der Waals surface area contributed by atoms with Crippen molar-refractivity contribution in [1.29, 1.82) is 0 Å². The summed E-state index contributed by atoms with van der Waals surface area (Å²) < 4.78 is 11.1. The Bertz CT molecular complexity index is 1280. The molecule has 10 nitrogen and oxygen atoms in total. The molecule has 192 valence electrons. The number of likely N-dealkylation sites (tertiary alicyclic amines) is 1. The van der Waals surface area contributed by atoms with Crippen LogP contribution in [0.2, 0.25) is 0 Å². The van der Waals surface area contributed by atoms with Crippen molar-refractivity contribution >= 4 is 29.3 Å². The van der Waals surface area contributed by atoms with E-state index in [0.717, 1.165) is 17.7 Å². The Morgan fingerprint density at radius 3 is 2.54 bits per heavy atom. The number of amides is 2. The molecule has 10 heteroatoms. The first kappa shape index (κ1) is 25.6. The summed E-state index contributed by atoms with van der Waals surface area (Å²) in [5.41, 5.74) is 2.24. The fraction of sp³-hybridized carbons (Fsp3) is 0.296. The molecule has 1 aliphatic rings. The van der Waals surface area contributed by atoms with Gasteiger partial charge in [0, 0.05) is 51.1 Å². The van der Waals surface area contributed by atoms with Gasteiger partial charge in [0.25, 0.3) is 5.91 Å². The molecule has 3 aromatic rings. The first-order valence-electron chi connectivity index (χ1n) is 12.0. The quantitative estimate of drug-likeness (QED) is 0.436. The molecule has 1 aromatic carbocycles. The molecule has 1 saturated heterocycles. The molecule has 0 atom stereocenters. The van der Waals surface area contributed by atoms with E-state index in [1.165, 1.54) is 17.3 Å². The molecule has 0 saturated carbocycles. The first-order valence-corrected chi connectivity index (χ1v) is 12.0. The highest BCUT2D eigenvalue weighted by Crippen LogP contribution is 2.31. The van der Waals surface area contributed by atoms with Gasteiger partial charge >= 0.3 is 5.97 Å². The standard InChI is InChI=1S/C27H29N5O5/c1-4-36-27(35)18-7-12-24(29-15-18)30-20-8-11-23(19(14-20)17-32-13-5-6-25(32)33)37-21-9-10-22(28-16-21)26(34)31(2)3/h7-12,14-16H,4-6,13,17H2,1-3H3,(H,29,30). The average Bonchev–Trinajstić information content (AvgIpc) is 3.30. The SMILES string of the molecule is CCOC(=O)c1ccc(Nc2ccc(Oc3ccc(C(=O)N(C)C)nc3)c(CN3CCCC3=O)c2)nc1. The zero-order valence-corrected chi connectivity index (χ0v) is 21.1. The highest BCUT2D eigenvalue weighted by molar-refractivity contribution is 5.92. The van der Waals surface area contributed by atoms with Crippen LogP contribution < -0.4 is 10.1 Å². The van der Waals surface area contributed by atoms with Crippen LogP contribution in [-0.2, 0) is 16.1 Å². The monoisotopic (exact) mass is 503 g/mol. The van der Waals surface area contributed by atoms with Crippen molar-refractivity contribution in [3.8, 4) is 11.5 Å². The minimum Gasteiger partial charge on any atom is -0.462 e. The van der Waals surface area contributed by atoms with E-state index in [1.54, 1.807) is 50.2 Å². The molecule has 4 rings (SSSR count). The van der Waals surface area contributed by atoms with Crippen LogP contribution in [0.15, 0.2) is 54.9 Å². The maximum absolute atomic E-state index is 12.3. The lowest BCUT2D eigenvalue weighted by Crippen LogP contribution is -2.24. The largest absolute Gasteiger partial charge is 0.462 e. The van der Waals surface area contributed by atoms with Crippen LogP contribution in [0, 0.1) is 0 Å². The number of hydrogen-bond acceptors (Lipinski definition) is 8. The highest BCUT2D eigenvalue weighted by atomic mass is 16.5. The maximum Gasteiger partial charge on any atom is 0.339 e. The number of carbonyl (C=O) groups is 3. The van der Waals surface area contributed by atoms with Crippen LogP contribution in [0.1, 0.15) is 46.2 Å². The Labute approximate surface area is 215 Å². The number of benzene rings is 1. The third-order valence-corrected chi connectivity index (χ3v) is 5.73. The summed E-state index contributed by atoms with van der Waals surface area (Å²) in [4.78, 5) is 48.0. The van der Waals surface area contributed by atoms with E-state index in [1.807, 2.05) is 18.2 Å². The highest BCUT2D eigenvalue weighted by Gasteiger charge is 2.22. The number of pyridine rings is 2. The van der Waals surface area contributed by atoms with Crippen molar-refractivity contribution in [3.05, 3.63) is 71.7 Å². The van der Waals surface area contributed by atoms with Gasteiger partial charge in [-0.15, -0.1) is 0 Å². The van der Waals surface area contributed by atoms with Crippen LogP contribution in [-0.4, -0.2) is 64.8 Å². The maximum atomic E-state index is 12.3. The lowest BCUT2D eigenvalue weighted by molar-refractivity contribution is -0.128. The predicted molar refractivity (Wildman–Crippen MR) is 137 cm³/mol. The van der Waals surface area contributed by atoms with Gasteiger partial charge in [0.15, 0.2) is 0 Å². The van der Waals surface area contributed by atoms with Gasteiger partial charge in [-0.25, -0.2) is 14.8 Å². The number of rotatable bonds is 9. The summed E-state index contributed by atoms with van der Waals surface area (Å²) in [6.45, 7) is 3.13. The number of nitrogens with one attached hydrogen (secondary N) is 1. The summed E-state index contributed by atoms with van der Waals surface area (Å²) >= 11 is 0. The lowest BCUT2D eigenvalue weighted by atomic mass is 10.1. The zero-order valence-electron chi connectivity index (χ0n) is 21.1. The topological polar surface area (TPSA) is 114 Å². The van der Waals surface area contributed by atoms with Crippen LogP contribution >= 0.6 is 0 Å². The van der Waals surface area contributed by atoms with Gasteiger partial charge in [-0.05, 0) is 55.8 Å². The van der Waals surface area contributed by atoms with Gasteiger partial charge in [0.1, 0.15) is 23.0 Å². The summed E-state index contributed by atoms with van der Waals surface area (Å²) in [7, 11) is 3.33. The van der Waals surface area contributed by atoms with Crippen molar-refractivity contribution in [3.63, 3.8) is 0 Å².